The van der Waals surface area contributed by atoms with Crippen LogP contribution in [0, 0.1) is 0 Å². The highest BCUT2D eigenvalue weighted by atomic mass is 16.6. The molecule has 0 aliphatic carbocycles. The number of esters is 1. The molecule has 0 aliphatic heterocycles. The molecule has 0 N–H and O–H groups in total. The zero-order valence-electron chi connectivity index (χ0n) is 31.5. The number of carbonyl (C=O) groups is 2. The Hall–Kier alpha value is -1.70. The normalized spacial score (nSPS) is 11.6. The van der Waals surface area contributed by atoms with E-state index in [9.17, 15) is 9.59 Å². The van der Waals surface area contributed by atoms with E-state index in [1.54, 1.807) is 7.05 Å². The maximum atomic E-state index is 11.9. The molecule has 0 rings (SSSR count). The van der Waals surface area contributed by atoms with Crippen LogP contribution in [0.2, 0.25) is 0 Å². The number of carbonyl (C=O) groups excluding carboxylic acids is 2. The number of rotatable bonds is 38. The van der Waals surface area contributed by atoms with Gasteiger partial charge in [-0.05, 0) is 27.2 Å². The zero-order valence-corrected chi connectivity index (χ0v) is 31.5. The second-order valence-corrected chi connectivity index (χ2v) is 11.6. The molecule has 0 spiro atoms. The van der Waals surface area contributed by atoms with Crippen LogP contribution in [0.15, 0.2) is 0 Å². The van der Waals surface area contributed by atoms with Crippen LogP contribution in [0.25, 0.3) is 0 Å². The van der Waals surface area contributed by atoms with Crippen molar-refractivity contribution in [3.63, 3.8) is 0 Å². The first-order valence-corrected chi connectivity index (χ1v) is 17.7. The number of nitrogens with zero attached hydrogens (tertiary/aromatic N) is 1. The van der Waals surface area contributed by atoms with Crippen LogP contribution in [-0.4, -0.2) is 188 Å². The molecule has 16 heteroatoms. The van der Waals surface area contributed by atoms with Crippen LogP contribution in [0.4, 0.5) is 4.79 Å². The average molecular weight is 730 g/mol. The van der Waals surface area contributed by atoms with Gasteiger partial charge in [0.1, 0.15) is 12.2 Å². The van der Waals surface area contributed by atoms with Gasteiger partial charge in [0.15, 0.2) is 0 Å². The van der Waals surface area contributed by atoms with Gasteiger partial charge >= 0.3 is 12.1 Å². The highest BCUT2D eigenvalue weighted by Crippen LogP contribution is 2.08. The monoisotopic (exact) mass is 729 g/mol. The first-order chi connectivity index (χ1) is 24.3. The summed E-state index contributed by atoms with van der Waals surface area (Å²) in [5, 5.41) is 0. The summed E-state index contributed by atoms with van der Waals surface area (Å²) in [6.07, 6.45) is 0.852. The molecule has 0 fully saturated rings. The highest BCUT2D eigenvalue weighted by molar-refractivity contribution is 5.69. The fourth-order valence-corrected chi connectivity index (χ4v) is 3.42. The molecule has 0 unspecified atom stereocenters. The summed E-state index contributed by atoms with van der Waals surface area (Å²) < 4.78 is 70.3. The lowest BCUT2D eigenvalue weighted by Crippen LogP contribution is -2.36. The van der Waals surface area contributed by atoms with E-state index in [0.29, 0.717) is 158 Å². The van der Waals surface area contributed by atoms with E-state index < -0.39 is 5.60 Å². The molecule has 0 heterocycles. The summed E-state index contributed by atoms with van der Waals surface area (Å²) in [6, 6.07) is 0. The molecular formula is C34H67NO15. The summed E-state index contributed by atoms with van der Waals surface area (Å²) in [5.41, 5.74) is -0.513. The molecule has 1 amide bonds. The van der Waals surface area contributed by atoms with Crippen LogP contribution < -0.4 is 0 Å². The van der Waals surface area contributed by atoms with Crippen molar-refractivity contribution in [2.24, 2.45) is 0 Å². The molecule has 0 bridgehead atoms. The van der Waals surface area contributed by atoms with Crippen molar-refractivity contribution in [2.75, 3.05) is 166 Å². The van der Waals surface area contributed by atoms with Crippen LogP contribution in [0.5, 0.6) is 0 Å². The Morgan fingerprint density at radius 1 is 0.440 bits per heavy atom. The SMILES string of the molecule is CCCC(=O)OCCOCCOCCOCCOCCOCCOCCOCCOCCOCCOCCOCCN(C)C(=O)OC(C)(C)C. The van der Waals surface area contributed by atoms with Gasteiger partial charge in [-0.2, -0.15) is 0 Å². The van der Waals surface area contributed by atoms with Crippen LogP contribution >= 0.6 is 0 Å². The van der Waals surface area contributed by atoms with E-state index in [0.717, 1.165) is 6.42 Å². The molecule has 0 saturated carbocycles. The number of ether oxygens (including phenoxy) is 13. The third kappa shape index (κ3) is 39.1. The molecule has 50 heavy (non-hydrogen) atoms. The Labute approximate surface area is 299 Å². The lowest BCUT2D eigenvalue weighted by Gasteiger charge is -2.24. The van der Waals surface area contributed by atoms with Gasteiger partial charge in [-0.25, -0.2) is 4.79 Å². The second kappa shape index (κ2) is 37.1. The molecule has 16 nitrogen and oxygen atoms in total. The second-order valence-electron chi connectivity index (χ2n) is 11.6. The molecule has 0 radical (unpaired) electrons. The number of amides is 1. The van der Waals surface area contributed by atoms with E-state index >= 15 is 0 Å². The predicted octanol–water partition coefficient (Wildman–Crippen LogP) is 2.38. The van der Waals surface area contributed by atoms with Gasteiger partial charge in [0.25, 0.3) is 0 Å². The molecular weight excluding hydrogens is 662 g/mol. The minimum Gasteiger partial charge on any atom is -0.463 e. The Morgan fingerprint density at radius 3 is 0.960 bits per heavy atom. The van der Waals surface area contributed by atoms with Crippen molar-refractivity contribution in [3.8, 4) is 0 Å². The third-order valence-electron chi connectivity index (χ3n) is 5.94. The number of hydrogen-bond acceptors (Lipinski definition) is 15. The smallest absolute Gasteiger partial charge is 0.410 e. The van der Waals surface area contributed by atoms with E-state index in [1.807, 2.05) is 27.7 Å². The lowest BCUT2D eigenvalue weighted by molar-refractivity contribution is -0.145. The van der Waals surface area contributed by atoms with Crippen molar-refractivity contribution >= 4 is 12.1 Å². The summed E-state index contributed by atoms with van der Waals surface area (Å²) in [5.74, 6) is -0.192. The Balaban J connectivity index is 3.15. The first-order valence-electron chi connectivity index (χ1n) is 17.7. The minimum atomic E-state index is -0.513. The molecule has 0 aromatic rings. The van der Waals surface area contributed by atoms with Crippen molar-refractivity contribution in [2.45, 2.75) is 46.1 Å². The Kier molecular flexibility index (Phi) is 35.8. The Bertz CT molecular complexity index is 742. The fraction of sp³-hybridized carbons (Fsp3) is 0.941. The predicted molar refractivity (Wildman–Crippen MR) is 184 cm³/mol. The third-order valence-corrected chi connectivity index (χ3v) is 5.94. The zero-order chi connectivity index (χ0) is 36.8. The van der Waals surface area contributed by atoms with Gasteiger partial charge in [0.2, 0.25) is 0 Å². The van der Waals surface area contributed by atoms with Crippen molar-refractivity contribution in [3.05, 3.63) is 0 Å². The molecule has 0 aliphatic rings. The van der Waals surface area contributed by atoms with Gasteiger partial charge in [-0.1, -0.05) is 6.92 Å². The topological polar surface area (TPSA) is 157 Å². The van der Waals surface area contributed by atoms with Crippen LogP contribution in [0.3, 0.4) is 0 Å². The van der Waals surface area contributed by atoms with Gasteiger partial charge in [-0.15, -0.1) is 0 Å². The van der Waals surface area contributed by atoms with Gasteiger partial charge in [0.05, 0.1) is 145 Å². The summed E-state index contributed by atoms with van der Waals surface area (Å²) in [7, 11) is 1.68. The lowest BCUT2D eigenvalue weighted by atomic mass is 10.2. The minimum absolute atomic E-state index is 0.192. The molecule has 0 saturated heterocycles. The number of hydrogen-bond donors (Lipinski definition) is 0. The van der Waals surface area contributed by atoms with Gasteiger partial charge < -0.3 is 66.5 Å². The summed E-state index contributed by atoms with van der Waals surface area (Å²) in [4.78, 5) is 24.5. The van der Waals surface area contributed by atoms with E-state index in [4.69, 9.17) is 61.6 Å². The highest BCUT2D eigenvalue weighted by Gasteiger charge is 2.19. The molecule has 0 aromatic heterocycles. The fourth-order valence-electron chi connectivity index (χ4n) is 3.42. The van der Waals surface area contributed by atoms with Crippen molar-refractivity contribution in [1.82, 2.24) is 4.90 Å². The van der Waals surface area contributed by atoms with E-state index in [-0.39, 0.29) is 18.7 Å². The maximum absolute atomic E-state index is 11.9. The van der Waals surface area contributed by atoms with Crippen LogP contribution in [-0.2, 0) is 66.4 Å². The molecule has 0 aromatic carbocycles. The number of likely N-dealkylation sites (N-methyl/N-ethyl adjacent to an activating group) is 1. The van der Waals surface area contributed by atoms with Crippen molar-refractivity contribution in [1.29, 1.82) is 0 Å². The average Bonchev–Trinajstić information content (AvgIpc) is 3.07. The van der Waals surface area contributed by atoms with Crippen LogP contribution in [0.1, 0.15) is 40.5 Å². The van der Waals surface area contributed by atoms with Gasteiger partial charge in [0, 0.05) is 20.0 Å². The van der Waals surface area contributed by atoms with E-state index in [1.165, 1.54) is 4.90 Å². The quantitative estimate of drug-likeness (QED) is 0.0674. The summed E-state index contributed by atoms with van der Waals surface area (Å²) in [6.45, 7) is 18.5. The van der Waals surface area contributed by atoms with Gasteiger partial charge in [-0.3, -0.25) is 4.79 Å². The standard InChI is InChI=1S/C34H67NO15/c1-6-7-32(36)49-31-30-48-29-28-47-27-26-46-25-24-45-23-22-44-21-20-43-19-18-42-17-16-41-15-14-40-13-12-39-11-10-38-9-8-35(5)33(37)50-34(2,3)4/h6-31H2,1-5H3. The molecule has 298 valence electrons. The summed E-state index contributed by atoms with van der Waals surface area (Å²) >= 11 is 0. The largest absolute Gasteiger partial charge is 0.463 e. The first kappa shape index (κ1) is 48.3. The Morgan fingerprint density at radius 2 is 0.700 bits per heavy atom. The van der Waals surface area contributed by atoms with Crippen molar-refractivity contribution < 1.29 is 71.2 Å². The molecule has 0 atom stereocenters. The van der Waals surface area contributed by atoms with E-state index in [2.05, 4.69) is 0 Å². The maximum Gasteiger partial charge on any atom is 0.410 e.